The van der Waals surface area contributed by atoms with Crippen LogP contribution in [0.25, 0.3) is 0 Å². The van der Waals surface area contributed by atoms with Gasteiger partial charge in [-0.05, 0) is 13.1 Å². The third-order valence-corrected chi connectivity index (χ3v) is 4.53. The maximum absolute atomic E-state index is 11.0. The largest absolute Gasteiger partial charge is 0.303 e. The molecule has 0 aromatic rings. The molecule has 13 heavy (non-hydrogen) atoms. The molecule has 6 heteroatoms. The second kappa shape index (κ2) is 6.75. The van der Waals surface area contributed by atoms with Crippen LogP contribution in [0.4, 0.5) is 0 Å². The van der Waals surface area contributed by atoms with E-state index < -0.39 is 10.0 Å². The van der Waals surface area contributed by atoms with Crippen LogP contribution in [0.2, 0.25) is 0 Å². The van der Waals surface area contributed by atoms with Crippen molar-refractivity contribution in [3.05, 3.63) is 0 Å². The molecule has 0 saturated carbocycles. The number of alkyl halides is 1. The average molecular weight is 273 g/mol. The van der Waals surface area contributed by atoms with Crippen molar-refractivity contribution >= 4 is 26.0 Å². The lowest BCUT2D eigenvalue weighted by molar-refractivity contribution is 0.309. The van der Waals surface area contributed by atoms with Crippen LogP contribution in [0.1, 0.15) is 13.8 Å². The highest BCUT2D eigenvalue weighted by atomic mass is 79.9. The Kier molecular flexibility index (Phi) is 6.93. The molecular formula is C7H17BrN2O2S. The van der Waals surface area contributed by atoms with E-state index in [9.17, 15) is 8.42 Å². The van der Waals surface area contributed by atoms with Crippen LogP contribution < -0.4 is 4.72 Å². The van der Waals surface area contributed by atoms with Gasteiger partial charge in [0.25, 0.3) is 0 Å². The summed E-state index contributed by atoms with van der Waals surface area (Å²) in [6, 6.07) is 0. The molecule has 0 aliphatic carbocycles. The second-order valence-corrected chi connectivity index (χ2v) is 5.75. The molecule has 0 radical (unpaired) electrons. The van der Waals surface area contributed by atoms with Gasteiger partial charge in [-0.2, -0.15) is 0 Å². The molecule has 1 N–H and O–H groups in total. The lowest BCUT2D eigenvalue weighted by Crippen LogP contribution is -2.35. The summed E-state index contributed by atoms with van der Waals surface area (Å²) in [5, 5.41) is 0. The van der Waals surface area contributed by atoms with Crippen LogP contribution in [0.3, 0.4) is 0 Å². The van der Waals surface area contributed by atoms with Crippen LogP contribution in [0, 0.1) is 0 Å². The number of hydrogen-bond donors (Lipinski definition) is 1. The molecule has 0 fully saturated rings. The fourth-order valence-electron chi connectivity index (χ4n) is 0.938. The Bertz CT molecular complexity index is 215. The predicted octanol–water partition coefficient (Wildman–Crippen LogP) is 0.600. The lowest BCUT2D eigenvalue weighted by atomic mass is 10.5. The van der Waals surface area contributed by atoms with Gasteiger partial charge in [-0.15, -0.1) is 0 Å². The molecule has 4 nitrogen and oxygen atoms in total. The van der Waals surface area contributed by atoms with E-state index in [-0.39, 0.29) is 4.66 Å². The standard InChI is InChI=1S/C7H17BrN2O2S/c1-3-10(4-2)6-5-9-13(11,12)7-8/h9H,3-7H2,1-2H3. The smallest absolute Gasteiger partial charge is 0.221 e. The summed E-state index contributed by atoms with van der Waals surface area (Å²) in [5.41, 5.74) is 0. The van der Waals surface area contributed by atoms with Gasteiger partial charge in [0.2, 0.25) is 10.0 Å². The van der Waals surface area contributed by atoms with Crippen molar-refractivity contribution in [3.8, 4) is 0 Å². The molecule has 0 aliphatic rings. The summed E-state index contributed by atoms with van der Waals surface area (Å²) < 4.78 is 24.4. The zero-order valence-electron chi connectivity index (χ0n) is 8.09. The predicted molar refractivity (Wildman–Crippen MR) is 58.5 cm³/mol. The van der Waals surface area contributed by atoms with E-state index in [1.165, 1.54) is 0 Å². The van der Waals surface area contributed by atoms with Crippen molar-refractivity contribution in [2.45, 2.75) is 13.8 Å². The van der Waals surface area contributed by atoms with Gasteiger partial charge >= 0.3 is 0 Å². The van der Waals surface area contributed by atoms with E-state index in [1.54, 1.807) is 0 Å². The minimum atomic E-state index is -3.09. The molecule has 0 saturated heterocycles. The van der Waals surface area contributed by atoms with Crippen molar-refractivity contribution in [2.24, 2.45) is 0 Å². The van der Waals surface area contributed by atoms with Crippen LogP contribution in [-0.2, 0) is 10.0 Å². The summed E-state index contributed by atoms with van der Waals surface area (Å²) in [7, 11) is -3.09. The summed E-state index contributed by atoms with van der Waals surface area (Å²) in [5.74, 6) is 0. The SMILES string of the molecule is CCN(CC)CCNS(=O)(=O)CBr. The Morgan fingerprint density at radius 2 is 1.85 bits per heavy atom. The third kappa shape index (κ3) is 6.42. The Morgan fingerprint density at radius 3 is 2.23 bits per heavy atom. The van der Waals surface area contributed by atoms with Gasteiger partial charge in [0, 0.05) is 13.1 Å². The molecule has 0 aromatic carbocycles. The number of nitrogens with one attached hydrogen (secondary N) is 1. The number of likely N-dealkylation sites (N-methyl/N-ethyl adjacent to an activating group) is 1. The van der Waals surface area contributed by atoms with Gasteiger partial charge < -0.3 is 4.90 Å². The molecule has 0 aliphatic heterocycles. The number of halogens is 1. The Balaban J connectivity index is 3.67. The molecule has 0 rings (SSSR count). The van der Waals surface area contributed by atoms with E-state index >= 15 is 0 Å². The highest BCUT2D eigenvalue weighted by molar-refractivity contribution is 9.10. The van der Waals surface area contributed by atoms with Crippen molar-refractivity contribution in [1.29, 1.82) is 0 Å². The third-order valence-electron chi connectivity index (χ3n) is 1.79. The zero-order chi connectivity index (χ0) is 10.3. The number of rotatable bonds is 7. The maximum Gasteiger partial charge on any atom is 0.221 e. The van der Waals surface area contributed by atoms with Gasteiger partial charge in [-0.25, -0.2) is 13.1 Å². The fourth-order valence-corrected chi connectivity index (χ4v) is 1.90. The fraction of sp³-hybridized carbons (Fsp3) is 1.00. The van der Waals surface area contributed by atoms with Crippen LogP contribution in [0.5, 0.6) is 0 Å². The summed E-state index contributed by atoms with van der Waals surface area (Å²) in [6.07, 6.45) is 0. The Hall–Kier alpha value is 0.350. The van der Waals surface area contributed by atoms with E-state index in [0.717, 1.165) is 19.6 Å². The molecule has 0 aromatic heterocycles. The molecule has 0 heterocycles. The molecule has 0 amide bonds. The molecule has 0 bridgehead atoms. The molecular weight excluding hydrogens is 256 g/mol. The minimum absolute atomic E-state index is 0.0295. The van der Waals surface area contributed by atoms with Crippen LogP contribution >= 0.6 is 15.9 Å². The Labute approximate surface area is 88.9 Å². The normalized spacial score (nSPS) is 12.3. The number of hydrogen-bond acceptors (Lipinski definition) is 3. The van der Waals surface area contributed by atoms with Gasteiger partial charge in [0.05, 0.1) is 0 Å². The van der Waals surface area contributed by atoms with Gasteiger partial charge in [-0.3, -0.25) is 0 Å². The van der Waals surface area contributed by atoms with E-state index in [2.05, 4.69) is 39.4 Å². The van der Waals surface area contributed by atoms with Crippen molar-refractivity contribution < 1.29 is 8.42 Å². The van der Waals surface area contributed by atoms with Gasteiger partial charge in [-0.1, -0.05) is 29.8 Å². The van der Waals surface area contributed by atoms with E-state index in [4.69, 9.17) is 0 Å². The first-order chi connectivity index (χ1) is 6.05. The number of nitrogens with zero attached hydrogens (tertiary/aromatic N) is 1. The molecule has 0 atom stereocenters. The molecule has 0 unspecified atom stereocenters. The lowest BCUT2D eigenvalue weighted by Gasteiger charge is -2.17. The van der Waals surface area contributed by atoms with Crippen LogP contribution in [0.15, 0.2) is 0 Å². The highest BCUT2D eigenvalue weighted by Crippen LogP contribution is 1.91. The topological polar surface area (TPSA) is 49.4 Å². The molecule has 0 spiro atoms. The summed E-state index contributed by atoms with van der Waals surface area (Å²) in [4.78, 5) is 2.16. The first-order valence-corrected chi connectivity index (χ1v) is 7.08. The summed E-state index contributed by atoms with van der Waals surface area (Å²) in [6.45, 7) is 7.26. The average Bonchev–Trinajstić information content (AvgIpc) is 2.12. The van der Waals surface area contributed by atoms with Crippen LogP contribution in [-0.4, -0.2) is 44.2 Å². The second-order valence-electron chi connectivity index (χ2n) is 2.65. The number of sulfonamides is 1. The first-order valence-electron chi connectivity index (χ1n) is 4.31. The quantitative estimate of drug-likeness (QED) is 0.691. The minimum Gasteiger partial charge on any atom is -0.303 e. The van der Waals surface area contributed by atoms with E-state index in [1.807, 2.05) is 0 Å². The maximum atomic E-state index is 11.0. The Morgan fingerprint density at radius 1 is 1.31 bits per heavy atom. The highest BCUT2D eigenvalue weighted by Gasteiger charge is 2.06. The van der Waals surface area contributed by atoms with E-state index in [0.29, 0.717) is 6.54 Å². The molecule has 80 valence electrons. The van der Waals surface area contributed by atoms with Gasteiger partial charge in [0.1, 0.15) is 4.66 Å². The van der Waals surface area contributed by atoms with Crippen molar-refractivity contribution in [2.75, 3.05) is 30.8 Å². The first kappa shape index (κ1) is 13.4. The zero-order valence-corrected chi connectivity index (χ0v) is 10.5. The monoisotopic (exact) mass is 272 g/mol. The summed E-state index contributed by atoms with van der Waals surface area (Å²) >= 11 is 2.91. The van der Waals surface area contributed by atoms with Gasteiger partial charge in [0.15, 0.2) is 0 Å². The van der Waals surface area contributed by atoms with Crippen molar-refractivity contribution in [1.82, 2.24) is 9.62 Å². The van der Waals surface area contributed by atoms with Crippen molar-refractivity contribution in [3.63, 3.8) is 0 Å².